The molecule has 2 aromatic rings. The highest BCUT2D eigenvalue weighted by Gasteiger charge is 2.32. The molecule has 0 bridgehead atoms. The quantitative estimate of drug-likeness (QED) is 0.467. The molecule has 2 aromatic carbocycles. The summed E-state index contributed by atoms with van der Waals surface area (Å²) >= 11 is 0. The third-order valence-electron chi connectivity index (χ3n) is 3.41. The summed E-state index contributed by atoms with van der Waals surface area (Å²) in [5.41, 5.74) is 5.01. The van der Waals surface area contributed by atoms with Crippen LogP contribution < -0.4 is 5.73 Å². The minimum absolute atomic E-state index is 0.0452. The molecule has 0 saturated carbocycles. The lowest BCUT2D eigenvalue weighted by Gasteiger charge is -2.10. The van der Waals surface area contributed by atoms with E-state index >= 15 is 0 Å². The van der Waals surface area contributed by atoms with Gasteiger partial charge in [0.2, 0.25) is 0 Å². The van der Waals surface area contributed by atoms with Crippen LogP contribution in [0.4, 0.5) is 30.2 Å². The van der Waals surface area contributed by atoms with Gasteiger partial charge in [-0.15, -0.1) is 0 Å². The van der Waals surface area contributed by atoms with Gasteiger partial charge in [-0.05, 0) is 49.2 Å². The molecule has 0 amide bonds. The Hall–Kier alpha value is -2.46. The highest BCUT2D eigenvalue weighted by molar-refractivity contribution is 7.86. The molecule has 25 heavy (non-hydrogen) atoms. The Morgan fingerprint density at radius 1 is 1.04 bits per heavy atom. The zero-order valence-corrected chi connectivity index (χ0v) is 14.0. The fourth-order valence-corrected chi connectivity index (χ4v) is 2.74. The Bertz CT molecular complexity index is 954. The van der Waals surface area contributed by atoms with Gasteiger partial charge in [-0.25, -0.2) is 0 Å². The Kier molecular flexibility index (Phi) is 4.87. The van der Waals surface area contributed by atoms with E-state index in [1.165, 1.54) is 25.1 Å². The van der Waals surface area contributed by atoms with E-state index < -0.39 is 26.8 Å². The molecule has 0 aliphatic carbocycles. The van der Waals surface area contributed by atoms with Crippen molar-refractivity contribution in [3.05, 3.63) is 47.0 Å². The average Bonchev–Trinajstić information content (AvgIpc) is 2.45. The Morgan fingerprint density at radius 3 is 2.24 bits per heavy atom. The van der Waals surface area contributed by atoms with Gasteiger partial charge in [-0.1, -0.05) is 6.07 Å². The van der Waals surface area contributed by atoms with Crippen LogP contribution in [0.3, 0.4) is 0 Å². The lowest BCUT2D eigenvalue weighted by Crippen LogP contribution is -2.06. The first-order valence-corrected chi connectivity index (χ1v) is 8.31. The van der Waals surface area contributed by atoms with Crippen LogP contribution in [0, 0.1) is 13.8 Å². The molecule has 0 aliphatic heterocycles. The first kappa shape index (κ1) is 18.9. The minimum Gasteiger partial charge on any atom is -0.398 e. The van der Waals surface area contributed by atoms with Crippen LogP contribution >= 0.6 is 0 Å². The minimum atomic E-state index is -4.56. The molecule has 6 nitrogen and oxygen atoms in total. The van der Waals surface area contributed by atoms with Crippen LogP contribution in [-0.4, -0.2) is 13.0 Å². The molecule has 0 aliphatic rings. The maximum absolute atomic E-state index is 12.9. The maximum Gasteiger partial charge on any atom is 0.416 e. The SMILES string of the molecule is Cc1cc(N)c(S(=O)(=O)O)cc1N=Nc1ccc(C)c(C(F)(F)F)c1. The number of nitrogens with zero attached hydrogens (tertiary/aromatic N) is 2. The summed E-state index contributed by atoms with van der Waals surface area (Å²) in [6.45, 7) is 2.89. The van der Waals surface area contributed by atoms with Crippen LogP contribution in [0.5, 0.6) is 0 Å². The fraction of sp³-hybridized carbons (Fsp3) is 0.200. The van der Waals surface area contributed by atoms with Crippen LogP contribution in [0.15, 0.2) is 45.5 Å². The van der Waals surface area contributed by atoms with Crippen LogP contribution in [0.25, 0.3) is 0 Å². The first-order chi connectivity index (χ1) is 11.4. The second-order valence-corrected chi connectivity index (χ2v) is 6.74. The first-order valence-electron chi connectivity index (χ1n) is 6.87. The molecule has 134 valence electrons. The van der Waals surface area contributed by atoms with Crippen molar-refractivity contribution in [2.24, 2.45) is 10.2 Å². The molecular weight excluding hydrogens is 359 g/mol. The van der Waals surface area contributed by atoms with Crippen molar-refractivity contribution < 1.29 is 26.1 Å². The molecule has 3 N–H and O–H groups in total. The molecule has 0 radical (unpaired) electrons. The lowest BCUT2D eigenvalue weighted by molar-refractivity contribution is -0.138. The van der Waals surface area contributed by atoms with Crippen molar-refractivity contribution in [2.45, 2.75) is 24.9 Å². The number of halogens is 3. The predicted octanol–water partition coefficient (Wildman–Crippen LogP) is 4.57. The van der Waals surface area contributed by atoms with E-state index in [-0.39, 0.29) is 22.6 Å². The van der Waals surface area contributed by atoms with Gasteiger partial charge in [0.05, 0.1) is 22.6 Å². The number of rotatable bonds is 3. The number of aryl methyl sites for hydroxylation is 2. The third kappa shape index (κ3) is 4.34. The number of anilines is 1. The van der Waals surface area contributed by atoms with Gasteiger partial charge < -0.3 is 5.73 Å². The second kappa shape index (κ2) is 6.45. The number of alkyl halides is 3. The summed E-state index contributed by atoms with van der Waals surface area (Å²) in [5.74, 6) is 0. The zero-order chi connectivity index (χ0) is 19.0. The Balaban J connectivity index is 2.47. The third-order valence-corrected chi connectivity index (χ3v) is 4.32. The van der Waals surface area contributed by atoms with Gasteiger partial charge in [-0.3, -0.25) is 4.55 Å². The van der Waals surface area contributed by atoms with Gasteiger partial charge in [-0.2, -0.15) is 31.8 Å². The molecule has 10 heteroatoms. The summed E-state index contributed by atoms with van der Waals surface area (Å²) in [5, 5.41) is 7.48. The smallest absolute Gasteiger partial charge is 0.398 e. The number of benzene rings is 2. The van der Waals surface area contributed by atoms with Crippen LogP contribution in [0.1, 0.15) is 16.7 Å². The summed E-state index contributed by atoms with van der Waals surface area (Å²) in [7, 11) is -4.56. The van der Waals surface area contributed by atoms with Crippen molar-refractivity contribution >= 4 is 27.2 Å². The number of hydrogen-bond acceptors (Lipinski definition) is 5. The maximum atomic E-state index is 12.9. The fourth-order valence-electron chi connectivity index (χ4n) is 2.12. The largest absolute Gasteiger partial charge is 0.416 e. The highest BCUT2D eigenvalue weighted by Crippen LogP contribution is 2.35. The van der Waals surface area contributed by atoms with Crippen molar-refractivity contribution in [3.8, 4) is 0 Å². The van der Waals surface area contributed by atoms with Gasteiger partial charge >= 0.3 is 6.18 Å². The standard InChI is InChI=1S/C15H14F3N3O3S/c1-8-3-4-10(6-11(8)15(16,17)18)20-21-13-7-14(25(22,23)24)12(19)5-9(13)2/h3-7H,19H2,1-2H3,(H,22,23,24). The van der Waals surface area contributed by atoms with E-state index in [1.54, 1.807) is 6.92 Å². The molecule has 0 saturated heterocycles. The van der Waals surface area contributed by atoms with E-state index in [2.05, 4.69) is 10.2 Å². The highest BCUT2D eigenvalue weighted by atomic mass is 32.2. The zero-order valence-electron chi connectivity index (χ0n) is 13.2. The number of azo groups is 1. The van der Waals surface area contributed by atoms with Crippen LogP contribution in [-0.2, 0) is 16.3 Å². The van der Waals surface area contributed by atoms with E-state index in [9.17, 15) is 21.6 Å². The molecular formula is C15H14F3N3O3S. The Labute approximate surface area is 141 Å². The average molecular weight is 373 g/mol. The van der Waals surface area contributed by atoms with E-state index in [0.29, 0.717) is 5.56 Å². The molecule has 0 atom stereocenters. The summed E-state index contributed by atoms with van der Waals surface area (Å²) in [6, 6.07) is 5.73. The van der Waals surface area contributed by atoms with E-state index in [1.807, 2.05) is 0 Å². The summed E-state index contributed by atoms with van der Waals surface area (Å²) in [4.78, 5) is -0.549. The van der Waals surface area contributed by atoms with E-state index in [0.717, 1.165) is 12.1 Å². The Morgan fingerprint density at radius 2 is 1.68 bits per heavy atom. The van der Waals surface area contributed by atoms with Crippen molar-refractivity contribution in [2.75, 3.05) is 5.73 Å². The summed E-state index contributed by atoms with van der Waals surface area (Å²) < 4.78 is 70.4. The molecule has 2 rings (SSSR count). The molecule has 0 unspecified atom stereocenters. The van der Waals surface area contributed by atoms with Gasteiger partial charge in [0.15, 0.2) is 0 Å². The lowest BCUT2D eigenvalue weighted by atomic mass is 10.1. The monoisotopic (exact) mass is 373 g/mol. The topological polar surface area (TPSA) is 105 Å². The number of nitrogens with two attached hydrogens (primary N) is 1. The second-order valence-electron chi connectivity index (χ2n) is 5.35. The number of nitrogen functional groups attached to an aromatic ring is 1. The number of hydrogen-bond donors (Lipinski definition) is 2. The van der Waals surface area contributed by atoms with Crippen molar-refractivity contribution in [1.82, 2.24) is 0 Å². The van der Waals surface area contributed by atoms with Crippen molar-refractivity contribution in [1.29, 1.82) is 0 Å². The normalized spacial score (nSPS) is 12.7. The molecule has 0 aromatic heterocycles. The summed E-state index contributed by atoms with van der Waals surface area (Å²) in [6.07, 6.45) is -4.52. The molecule has 0 fully saturated rings. The van der Waals surface area contributed by atoms with E-state index in [4.69, 9.17) is 10.3 Å². The van der Waals surface area contributed by atoms with Gasteiger partial charge in [0.25, 0.3) is 10.1 Å². The molecule has 0 heterocycles. The van der Waals surface area contributed by atoms with Gasteiger partial charge in [0, 0.05) is 0 Å². The molecule has 0 spiro atoms. The van der Waals surface area contributed by atoms with Crippen LogP contribution in [0.2, 0.25) is 0 Å². The van der Waals surface area contributed by atoms with Gasteiger partial charge in [0.1, 0.15) is 4.90 Å². The van der Waals surface area contributed by atoms with Crippen molar-refractivity contribution in [3.63, 3.8) is 0 Å². The predicted molar refractivity (Wildman–Crippen MR) is 85.8 cm³/mol.